The Labute approximate surface area is 180 Å². The standard InChI is InChI=1S/C20H33N3O3.HI/c1-3-26-13-5-12-21-20(23-15-17-6-4-7-19(17)24)22-14-16-8-10-18(25-2)11-9-16;/h8-11,17,19,24H,3-7,12-15H2,1-2H3,(H2,21,22,23);1H. The number of halogens is 1. The first-order valence-electron chi connectivity index (χ1n) is 9.63. The third kappa shape index (κ3) is 9.12. The van der Waals surface area contributed by atoms with Crippen LogP contribution in [0.3, 0.4) is 0 Å². The van der Waals surface area contributed by atoms with E-state index in [0.29, 0.717) is 12.5 Å². The fourth-order valence-corrected chi connectivity index (χ4v) is 3.08. The zero-order chi connectivity index (χ0) is 18.6. The third-order valence-electron chi connectivity index (χ3n) is 4.69. The van der Waals surface area contributed by atoms with Crippen LogP contribution in [0.1, 0.15) is 38.2 Å². The average Bonchev–Trinajstić information content (AvgIpc) is 3.08. The van der Waals surface area contributed by atoms with Crippen molar-refractivity contribution in [2.75, 3.05) is 33.4 Å². The number of hydrogen-bond donors (Lipinski definition) is 3. The Balaban J connectivity index is 0.00000364. The zero-order valence-electron chi connectivity index (χ0n) is 16.4. The number of aliphatic hydroxyl groups is 1. The highest BCUT2D eigenvalue weighted by atomic mass is 127. The molecule has 0 aromatic heterocycles. The van der Waals surface area contributed by atoms with Gasteiger partial charge in [-0.05, 0) is 43.9 Å². The van der Waals surface area contributed by atoms with Gasteiger partial charge in [-0.3, -0.25) is 0 Å². The van der Waals surface area contributed by atoms with E-state index in [9.17, 15) is 5.11 Å². The summed E-state index contributed by atoms with van der Waals surface area (Å²) in [5, 5.41) is 16.8. The maximum Gasteiger partial charge on any atom is 0.191 e. The first-order chi connectivity index (χ1) is 12.7. The monoisotopic (exact) mass is 491 g/mol. The minimum absolute atomic E-state index is 0. The molecular formula is C20H34IN3O3. The van der Waals surface area contributed by atoms with Gasteiger partial charge in [0.05, 0.1) is 19.8 Å². The number of rotatable bonds is 10. The number of methoxy groups -OCH3 is 1. The van der Waals surface area contributed by atoms with E-state index >= 15 is 0 Å². The summed E-state index contributed by atoms with van der Waals surface area (Å²) in [6.45, 7) is 5.65. The molecule has 0 heterocycles. The second-order valence-corrected chi connectivity index (χ2v) is 6.63. The van der Waals surface area contributed by atoms with E-state index in [1.807, 2.05) is 31.2 Å². The molecule has 1 aromatic carbocycles. The maximum atomic E-state index is 10.0. The number of nitrogens with zero attached hydrogens (tertiary/aromatic N) is 1. The van der Waals surface area contributed by atoms with Gasteiger partial charge in [0.1, 0.15) is 5.75 Å². The van der Waals surface area contributed by atoms with Crippen molar-refractivity contribution in [2.24, 2.45) is 10.9 Å². The summed E-state index contributed by atoms with van der Waals surface area (Å²) in [7, 11) is 1.67. The van der Waals surface area contributed by atoms with Crippen LogP contribution in [0.5, 0.6) is 5.75 Å². The third-order valence-corrected chi connectivity index (χ3v) is 4.69. The maximum absolute atomic E-state index is 10.0. The molecule has 6 nitrogen and oxygen atoms in total. The Kier molecular flexibility index (Phi) is 12.4. The first-order valence-corrected chi connectivity index (χ1v) is 9.63. The van der Waals surface area contributed by atoms with Crippen LogP contribution >= 0.6 is 24.0 Å². The van der Waals surface area contributed by atoms with Gasteiger partial charge in [0.15, 0.2) is 5.96 Å². The summed E-state index contributed by atoms with van der Waals surface area (Å²) >= 11 is 0. The van der Waals surface area contributed by atoms with Crippen molar-refractivity contribution in [2.45, 2.75) is 45.3 Å². The highest BCUT2D eigenvalue weighted by Crippen LogP contribution is 2.24. The number of benzene rings is 1. The summed E-state index contributed by atoms with van der Waals surface area (Å²) in [6.07, 6.45) is 3.83. The summed E-state index contributed by atoms with van der Waals surface area (Å²) in [5.74, 6) is 1.95. The Morgan fingerprint density at radius 2 is 2.00 bits per heavy atom. The van der Waals surface area contributed by atoms with Gasteiger partial charge in [-0.2, -0.15) is 0 Å². The van der Waals surface area contributed by atoms with Crippen LogP contribution in [0.15, 0.2) is 29.3 Å². The van der Waals surface area contributed by atoms with Gasteiger partial charge >= 0.3 is 0 Å². The van der Waals surface area contributed by atoms with Crippen molar-refractivity contribution < 1.29 is 14.6 Å². The Hall–Kier alpha value is -1.06. The van der Waals surface area contributed by atoms with Gasteiger partial charge in [-0.15, -0.1) is 24.0 Å². The van der Waals surface area contributed by atoms with Crippen LogP contribution in [0.25, 0.3) is 0 Å². The Morgan fingerprint density at radius 1 is 1.22 bits per heavy atom. The van der Waals surface area contributed by atoms with Gasteiger partial charge in [0, 0.05) is 32.2 Å². The van der Waals surface area contributed by atoms with Crippen LogP contribution in [0, 0.1) is 5.92 Å². The molecule has 2 atom stereocenters. The van der Waals surface area contributed by atoms with Gasteiger partial charge in [-0.1, -0.05) is 18.6 Å². The van der Waals surface area contributed by atoms with Crippen molar-refractivity contribution in [1.29, 1.82) is 0 Å². The van der Waals surface area contributed by atoms with E-state index in [-0.39, 0.29) is 30.1 Å². The molecule has 0 saturated heterocycles. The lowest BCUT2D eigenvalue weighted by Gasteiger charge is -2.18. The molecule has 27 heavy (non-hydrogen) atoms. The van der Waals surface area contributed by atoms with Crippen LogP contribution in [0.2, 0.25) is 0 Å². The van der Waals surface area contributed by atoms with E-state index in [4.69, 9.17) is 9.47 Å². The molecule has 1 aliphatic rings. The zero-order valence-corrected chi connectivity index (χ0v) is 18.8. The van der Waals surface area contributed by atoms with Crippen molar-refractivity contribution in [1.82, 2.24) is 10.6 Å². The smallest absolute Gasteiger partial charge is 0.191 e. The highest BCUT2D eigenvalue weighted by Gasteiger charge is 2.24. The fraction of sp³-hybridized carbons (Fsp3) is 0.650. The molecular weight excluding hydrogens is 457 g/mol. The summed E-state index contributed by atoms with van der Waals surface area (Å²) in [6, 6.07) is 7.94. The van der Waals surface area contributed by atoms with Gasteiger partial charge in [0.2, 0.25) is 0 Å². The fourth-order valence-electron chi connectivity index (χ4n) is 3.08. The van der Waals surface area contributed by atoms with Crippen LogP contribution in [-0.4, -0.2) is 50.6 Å². The molecule has 3 N–H and O–H groups in total. The first kappa shape index (κ1) is 24.0. The van der Waals surface area contributed by atoms with Crippen molar-refractivity contribution in [3.63, 3.8) is 0 Å². The summed E-state index contributed by atoms with van der Waals surface area (Å²) in [4.78, 5) is 4.68. The van der Waals surface area contributed by atoms with E-state index in [2.05, 4.69) is 15.6 Å². The minimum Gasteiger partial charge on any atom is -0.497 e. The number of ether oxygens (including phenoxy) is 2. The molecule has 1 aromatic rings. The largest absolute Gasteiger partial charge is 0.497 e. The van der Waals surface area contributed by atoms with Crippen LogP contribution in [0.4, 0.5) is 0 Å². The van der Waals surface area contributed by atoms with Gasteiger partial charge < -0.3 is 25.2 Å². The van der Waals surface area contributed by atoms with Gasteiger partial charge in [0.25, 0.3) is 0 Å². The highest BCUT2D eigenvalue weighted by molar-refractivity contribution is 14.0. The quantitative estimate of drug-likeness (QED) is 0.203. The Morgan fingerprint density at radius 3 is 2.63 bits per heavy atom. The number of guanidine groups is 1. The summed E-state index contributed by atoms with van der Waals surface area (Å²) in [5.41, 5.74) is 1.13. The van der Waals surface area contributed by atoms with E-state index < -0.39 is 0 Å². The van der Waals surface area contributed by atoms with Crippen molar-refractivity contribution in [3.8, 4) is 5.75 Å². The molecule has 0 radical (unpaired) electrons. The molecule has 7 heteroatoms. The molecule has 0 amide bonds. The average molecular weight is 491 g/mol. The predicted octanol–water partition coefficient (Wildman–Crippen LogP) is 2.94. The number of nitrogens with one attached hydrogen (secondary N) is 2. The molecule has 1 saturated carbocycles. The number of aliphatic hydroxyl groups excluding tert-OH is 1. The molecule has 0 spiro atoms. The molecule has 1 aliphatic carbocycles. The molecule has 0 aliphatic heterocycles. The predicted molar refractivity (Wildman–Crippen MR) is 120 cm³/mol. The van der Waals surface area contributed by atoms with E-state index in [1.165, 1.54) is 0 Å². The normalized spacial score (nSPS) is 19.4. The molecule has 2 rings (SSSR count). The molecule has 1 fully saturated rings. The lowest BCUT2D eigenvalue weighted by Crippen LogP contribution is -2.41. The molecule has 2 unspecified atom stereocenters. The van der Waals surface area contributed by atoms with Crippen LogP contribution in [-0.2, 0) is 11.3 Å². The van der Waals surface area contributed by atoms with E-state index in [1.54, 1.807) is 7.11 Å². The van der Waals surface area contributed by atoms with E-state index in [0.717, 1.165) is 69.3 Å². The second kappa shape index (κ2) is 14.0. The van der Waals surface area contributed by atoms with Crippen molar-refractivity contribution >= 4 is 29.9 Å². The Bertz CT molecular complexity index is 540. The van der Waals surface area contributed by atoms with Gasteiger partial charge in [-0.25, -0.2) is 4.99 Å². The summed E-state index contributed by atoms with van der Waals surface area (Å²) < 4.78 is 10.6. The topological polar surface area (TPSA) is 75.1 Å². The SMILES string of the molecule is CCOCCCNC(=NCc1ccc(OC)cc1)NCC1CCCC1O.I. The number of hydrogen-bond acceptors (Lipinski definition) is 4. The number of aliphatic imine (C=N–C) groups is 1. The van der Waals surface area contributed by atoms with Crippen LogP contribution < -0.4 is 15.4 Å². The van der Waals surface area contributed by atoms with Crippen molar-refractivity contribution in [3.05, 3.63) is 29.8 Å². The minimum atomic E-state index is -0.191. The molecule has 0 bridgehead atoms. The lowest BCUT2D eigenvalue weighted by atomic mass is 10.1. The molecule has 154 valence electrons. The lowest BCUT2D eigenvalue weighted by molar-refractivity contribution is 0.134. The second-order valence-electron chi connectivity index (χ2n) is 6.63.